The minimum Gasteiger partial charge on any atom is -0.468 e. The van der Waals surface area contributed by atoms with Gasteiger partial charge in [0.1, 0.15) is 11.4 Å². The number of furan rings is 1. The van der Waals surface area contributed by atoms with Crippen molar-refractivity contribution in [2.24, 2.45) is 0 Å². The first-order valence-corrected chi connectivity index (χ1v) is 7.39. The second-order valence-electron chi connectivity index (χ2n) is 5.81. The minimum absolute atomic E-state index is 0.0756. The van der Waals surface area contributed by atoms with Gasteiger partial charge in [-0.05, 0) is 12.1 Å². The topological polar surface area (TPSA) is 55.2 Å². The highest BCUT2D eigenvalue weighted by Crippen LogP contribution is 2.24. The van der Waals surface area contributed by atoms with Crippen LogP contribution in [0.15, 0.2) is 22.8 Å². The monoisotopic (exact) mass is 294 g/mol. The van der Waals surface area contributed by atoms with E-state index in [0.29, 0.717) is 32.9 Å². The summed E-state index contributed by atoms with van der Waals surface area (Å²) in [6.07, 6.45) is 1.69. The van der Waals surface area contributed by atoms with E-state index in [2.05, 4.69) is 4.90 Å². The Bertz CT molecular complexity index is 476. The highest BCUT2D eigenvalue weighted by atomic mass is 16.5. The Kier molecular flexibility index (Phi) is 4.28. The molecule has 6 nitrogen and oxygen atoms in total. The van der Waals surface area contributed by atoms with E-state index in [-0.39, 0.29) is 5.91 Å². The summed E-state index contributed by atoms with van der Waals surface area (Å²) in [4.78, 5) is 15.8. The van der Waals surface area contributed by atoms with Crippen molar-refractivity contribution in [1.82, 2.24) is 9.80 Å². The second kappa shape index (κ2) is 6.17. The van der Waals surface area contributed by atoms with Crippen molar-refractivity contribution >= 4 is 5.91 Å². The summed E-state index contributed by atoms with van der Waals surface area (Å²) in [6, 6.07) is 3.88. The zero-order chi connectivity index (χ0) is 14.7. The van der Waals surface area contributed by atoms with Crippen LogP contribution in [-0.4, -0.2) is 67.3 Å². The number of rotatable bonds is 2. The lowest BCUT2D eigenvalue weighted by atomic mass is 10.0. The lowest BCUT2D eigenvalue weighted by Crippen LogP contribution is -2.58. The van der Waals surface area contributed by atoms with E-state index in [1.165, 1.54) is 0 Å². The smallest absolute Gasteiger partial charge is 0.219 e. The molecule has 2 aliphatic rings. The lowest BCUT2D eigenvalue weighted by molar-refractivity contribution is -0.151. The summed E-state index contributed by atoms with van der Waals surface area (Å²) in [7, 11) is 0. The fourth-order valence-electron chi connectivity index (χ4n) is 3.04. The molecule has 2 saturated heterocycles. The van der Waals surface area contributed by atoms with E-state index in [4.69, 9.17) is 13.9 Å². The maximum absolute atomic E-state index is 11.7. The zero-order valence-electron chi connectivity index (χ0n) is 12.4. The summed E-state index contributed by atoms with van der Waals surface area (Å²) < 4.78 is 17.1. The summed E-state index contributed by atoms with van der Waals surface area (Å²) in [5, 5.41) is 0. The SMILES string of the molecule is CC(=O)N1CCOC[C@]2(CN(Cc3ccco3)CCO2)C1. The van der Waals surface area contributed by atoms with Crippen molar-refractivity contribution < 1.29 is 18.7 Å². The number of nitrogens with zero attached hydrogens (tertiary/aromatic N) is 2. The van der Waals surface area contributed by atoms with Gasteiger partial charge in [-0.1, -0.05) is 0 Å². The van der Waals surface area contributed by atoms with Crippen LogP contribution < -0.4 is 0 Å². The van der Waals surface area contributed by atoms with E-state index in [9.17, 15) is 4.79 Å². The normalized spacial score (nSPS) is 27.8. The van der Waals surface area contributed by atoms with Crippen LogP contribution in [0.3, 0.4) is 0 Å². The summed E-state index contributed by atoms with van der Waals surface area (Å²) in [5.74, 6) is 1.02. The Morgan fingerprint density at radius 1 is 1.33 bits per heavy atom. The molecule has 0 bridgehead atoms. The number of morpholine rings is 1. The highest BCUT2D eigenvalue weighted by molar-refractivity contribution is 5.73. The molecule has 21 heavy (non-hydrogen) atoms. The summed E-state index contributed by atoms with van der Waals surface area (Å²) in [5.41, 5.74) is -0.424. The van der Waals surface area contributed by atoms with Crippen LogP contribution >= 0.6 is 0 Å². The van der Waals surface area contributed by atoms with Crippen LogP contribution in [0.1, 0.15) is 12.7 Å². The van der Waals surface area contributed by atoms with Gasteiger partial charge >= 0.3 is 0 Å². The average Bonchev–Trinajstić information content (AvgIpc) is 2.87. The molecule has 116 valence electrons. The van der Waals surface area contributed by atoms with Crippen molar-refractivity contribution in [1.29, 1.82) is 0 Å². The van der Waals surface area contributed by atoms with Gasteiger partial charge in [0.25, 0.3) is 0 Å². The van der Waals surface area contributed by atoms with Gasteiger partial charge in [0, 0.05) is 26.6 Å². The molecule has 0 aromatic carbocycles. The summed E-state index contributed by atoms with van der Waals surface area (Å²) in [6.45, 7) is 6.96. The molecule has 2 fully saturated rings. The number of hydrogen-bond acceptors (Lipinski definition) is 5. The molecule has 1 amide bonds. The van der Waals surface area contributed by atoms with Gasteiger partial charge in [0.2, 0.25) is 5.91 Å². The number of carbonyl (C=O) groups is 1. The number of ether oxygens (including phenoxy) is 2. The van der Waals surface area contributed by atoms with Gasteiger partial charge in [-0.25, -0.2) is 0 Å². The van der Waals surface area contributed by atoms with Crippen molar-refractivity contribution in [3.8, 4) is 0 Å². The van der Waals surface area contributed by atoms with E-state index < -0.39 is 5.60 Å². The molecule has 1 atom stereocenters. The second-order valence-corrected chi connectivity index (χ2v) is 5.81. The maximum Gasteiger partial charge on any atom is 0.219 e. The van der Waals surface area contributed by atoms with E-state index in [0.717, 1.165) is 25.4 Å². The molecule has 2 aliphatic heterocycles. The van der Waals surface area contributed by atoms with Gasteiger partial charge in [0.05, 0.1) is 39.2 Å². The van der Waals surface area contributed by atoms with E-state index in [1.807, 2.05) is 17.0 Å². The first-order chi connectivity index (χ1) is 10.2. The average molecular weight is 294 g/mol. The third kappa shape index (κ3) is 3.45. The van der Waals surface area contributed by atoms with Gasteiger partial charge in [-0.3, -0.25) is 9.69 Å². The fourth-order valence-corrected chi connectivity index (χ4v) is 3.04. The van der Waals surface area contributed by atoms with Crippen molar-refractivity contribution in [2.45, 2.75) is 19.1 Å². The fraction of sp³-hybridized carbons (Fsp3) is 0.667. The first kappa shape index (κ1) is 14.6. The van der Waals surface area contributed by atoms with Gasteiger partial charge < -0.3 is 18.8 Å². The number of amides is 1. The molecule has 6 heteroatoms. The van der Waals surface area contributed by atoms with Gasteiger partial charge in [0.15, 0.2) is 0 Å². The zero-order valence-corrected chi connectivity index (χ0v) is 12.4. The molecule has 3 rings (SSSR count). The molecule has 0 aliphatic carbocycles. The van der Waals surface area contributed by atoms with Crippen LogP contribution in [0.5, 0.6) is 0 Å². The molecule has 1 aromatic heterocycles. The quantitative estimate of drug-likeness (QED) is 0.805. The molecule has 0 unspecified atom stereocenters. The van der Waals surface area contributed by atoms with Crippen LogP contribution in [0, 0.1) is 0 Å². The molecule has 0 radical (unpaired) electrons. The largest absolute Gasteiger partial charge is 0.468 e. The molecule has 0 N–H and O–H groups in total. The Morgan fingerprint density at radius 3 is 3.00 bits per heavy atom. The molecule has 3 heterocycles. The Morgan fingerprint density at radius 2 is 2.24 bits per heavy atom. The van der Waals surface area contributed by atoms with E-state index >= 15 is 0 Å². The predicted molar refractivity (Wildman–Crippen MR) is 75.7 cm³/mol. The third-order valence-corrected chi connectivity index (χ3v) is 4.08. The predicted octanol–water partition coefficient (Wildman–Crippen LogP) is 0.729. The van der Waals surface area contributed by atoms with Crippen molar-refractivity contribution in [3.63, 3.8) is 0 Å². The van der Waals surface area contributed by atoms with Crippen LogP contribution in [0.25, 0.3) is 0 Å². The van der Waals surface area contributed by atoms with Crippen LogP contribution in [-0.2, 0) is 20.8 Å². The standard InChI is InChI=1S/C15H22N2O4/c1-13(18)17-5-7-19-12-15(11-17)10-16(4-8-21-15)9-14-3-2-6-20-14/h2-3,6H,4-5,7-12H2,1H3/t15-/m0/s1. The minimum atomic E-state index is -0.424. The molecule has 1 aromatic rings. The molecular weight excluding hydrogens is 272 g/mol. The molecular formula is C15H22N2O4. The van der Waals surface area contributed by atoms with Crippen molar-refractivity contribution in [2.75, 3.05) is 46.0 Å². The Labute approximate surface area is 124 Å². The lowest BCUT2D eigenvalue weighted by Gasteiger charge is -2.43. The Balaban J connectivity index is 1.69. The first-order valence-electron chi connectivity index (χ1n) is 7.39. The van der Waals surface area contributed by atoms with Crippen LogP contribution in [0.2, 0.25) is 0 Å². The third-order valence-electron chi connectivity index (χ3n) is 4.08. The van der Waals surface area contributed by atoms with Gasteiger partial charge in [-0.2, -0.15) is 0 Å². The maximum atomic E-state index is 11.7. The van der Waals surface area contributed by atoms with Crippen LogP contribution in [0.4, 0.5) is 0 Å². The molecule has 0 saturated carbocycles. The number of hydrogen-bond donors (Lipinski definition) is 0. The van der Waals surface area contributed by atoms with Crippen molar-refractivity contribution in [3.05, 3.63) is 24.2 Å². The van der Waals surface area contributed by atoms with Gasteiger partial charge in [-0.15, -0.1) is 0 Å². The Hall–Kier alpha value is -1.37. The van der Waals surface area contributed by atoms with E-state index in [1.54, 1.807) is 13.2 Å². The molecule has 1 spiro atoms. The summed E-state index contributed by atoms with van der Waals surface area (Å²) >= 11 is 0. The number of carbonyl (C=O) groups excluding carboxylic acids is 1. The highest BCUT2D eigenvalue weighted by Gasteiger charge is 2.41.